The molecule has 108 valence electrons. The van der Waals surface area contributed by atoms with Crippen molar-refractivity contribution in [2.24, 2.45) is 0 Å². The van der Waals surface area contributed by atoms with Gasteiger partial charge in [-0.15, -0.1) is 0 Å². The maximum atomic E-state index is 9.22. The topological polar surface area (TPSA) is 47.9 Å². The molecule has 20 heavy (non-hydrogen) atoms. The van der Waals surface area contributed by atoms with Crippen LogP contribution in [0.4, 0.5) is 0 Å². The minimum atomic E-state index is -0.0676. The first-order chi connectivity index (χ1) is 9.78. The van der Waals surface area contributed by atoms with Crippen molar-refractivity contribution in [2.45, 2.75) is 13.0 Å². The molecular formula is C15H18O4S. The molecule has 0 aliphatic rings. The smallest absolute Gasteiger partial charge is 0.203 e. The van der Waals surface area contributed by atoms with Crippen molar-refractivity contribution >= 4 is 11.3 Å². The molecule has 0 saturated carbocycles. The standard InChI is InChI=1S/C15H18O4S/c1-17-13-7-12(9-16)8-14(18-2)15(13)19-5-3-11-4-6-20-10-11/h4,6-8,10,16H,3,5,9H2,1-2H3. The van der Waals surface area contributed by atoms with Gasteiger partial charge in [0.2, 0.25) is 5.75 Å². The molecule has 0 unspecified atom stereocenters. The van der Waals surface area contributed by atoms with Crippen LogP contribution in [0.25, 0.3) is 0 Å². The Morgan fingerprint density at radius 2 is 1.80 bits per heavy atom. The van der Waals surface area contributed by atoms with E-state index in [9.17, 15) is 5.11 Å². The molecule has 0 atom stereocenters. The molecule has 1 aromatic carbocycles. The van der Waals surface area contributed by atoms with E-state index in [0.717, 1.165) is 12.0 Å². The highest BCUT2D eigenvalue weighted by molar-refractivity contribution is 7.07. The molecular weight excluding hydrogens is 276 g/mol. The molecule has 4 nitrogen and oxygen atoms in total. The number of ether oxygens (including phenoxy) is 3. The average molecular weight is 294 g/mol. The molecule has 0 saturated heterocycles. The quantitative estimate of drug-likeness (QED) is 0.853. The Bertz CT molecular complexity index is 512. The second kappa shape index (κ2) is 7.17. The highest BCUT2D eigenvalue weighted by atomic mass is 32.1. The second-order valence-electron chi connectivity index (χ2n) is 4.22. The first-order valence-electron chi connectivity index (χ1n) is 6.28. The summed E-state index contributed by atoms with van der Waals surface area (Å²) in [5, 5.41) is 13.4. The zero-order valence-electron chi connectivity index (χ0n) is 11.6. The van der Waals surface area contributed by atoms with Crippen LogP contribution in [-0.2, 0) is 13.0 Å². The van der Waals surface area contributed by atoms with E-state index in [1.54, 1.807) is 37.7 Å². The van der Waals surface area contributed by atoms with Crippen LogP contribution in [0.1, 0.15) is 11.1 Å². The molecule has 1 aromatic heterocycles. The van der Waals surface area contributed by atoms with Gasteiger partial charge in [-0.3, -0.25) is 0 Å². The lowest BCUT2D eigenvalue weighted by Gasteiger charge is -2.15. The largest absolute Gasteiger partial charge is 0.493 e. The lowest BCUT2D eigenvalue weighted by Crippen LogP contribution is -2.04. The third kappa shape index (κ3) is 3.43. The van der Waals surface area contributed by atoms with Gasteiger partial charge in [-0.25, -0.2) is 0 Å². The summed E-state index contributed by atoms with van der Waals surface area (Å²) in [7, 11) is 3.14. The van der Waals surface area contributed by atoms with Gasteiger partial charge in [-0.2, -0.15) is 11.3 Å². The number of thiophene rings is 1. The monoisotopic (exact) mass is 294 g/mol. The number of hydrogen-bond donors (Lipinski definition) is 1. The number of aliphatic hydroxyl groups excluding tert-OH is 1. The maximum Gasteiger partial charge on any atom is 0.203 e. The molecule has 2 rings (SSSR count). The van der Waals surface area contributed by atoms with Gasteiger partial charge in [0, 0.05) is 6.42 Å². The minimum Gasteiger partial charge on any atom is -0.493 e. The SMILES string of the molecule is COc1cc(CO)cc(OC)c1OCCc1ccsc1. The van der Waals surface area contributed by atoms with Crippen LogP contribution >= 0.6 is 11.3 Å². The first kappa shape index (κ1) is 14.7. The summed E-state index contributed by atoms with van der Waals surface area (Å²) in [4.78, 5) is 0. The number of methoxy groups -OCH3 is 2. The van der Waals surface area contributed by atoms with E-state index in [2.05, 4.69) is 11.4 Å². The fourth-order valence-electron chi connectivity index (χ4n) is 1.87. The Morgan fingerprint density at radius 3 is 2.30 bits per heavy atom. The van der Waals surface area contributed by atoms with Crippen LogP contribution in [-0.4, -0.2) is 25.9 Å². The van der Waals surface area contributed by atoms with Crippen molar-refractivity contribution in [3.63, 3.8) is 0 Å². The number of rotatable bonds is 7. The fourth-order valence-corrected chi connectivity index (χ4v) is 2.58. The van der Waals surface area contributed by atoms with Gasteiger partial charge in [0.25, 0.3) is 0 Å². The van der Waals surface area contributed by atoms with Gasteiger partial charge in [-0.1, -0.05) is 0 Å². The Morgan fingerprint density at radius 1 is 1.10 bits per heavy atom. The van der Waals surface area contributed by atoms with Crippen molar-refractivity contribution in [3.05, 3.63) is 40.1 Å². The van der Waals surface area contributed by atoms with E-state index in [0.29, 0.717) is 23.9 Å². The molecule has 1 N–H and O–H groups in total. The first-order valence-corrected chi connectivity index (χ1v) is 7.22. The van der Waals surface area contributed by atoms with Crippen LogP contribution < -0.4 is 14.2 Å². The van der Waals surface area contributed by atoms with Crippen LogP contribution in [0, 0.1) is 0 Å². The van der Waals surface area contributed by atoms with E-state index in [-0.39, 0.29) is 6.61 Å². The summed E-state index contributed by atoms with van der Waals surface area (Å²) in [6.45, 7) is 0.476. The number of aliphatic hydroxyl groups is 1. The van der Waals surface area contributed by atoms with Crippen molar-refractivity contribution in [1.29, 1.82) is 0 Å². The van der Waals surface area contributed by atoms with E-state index < -0.39 is 0 Å². The molecule has 0 fully saturated rings. The Hall–Kier alpha value is -1.72. The maximum absolute atomic E-state index is 9.22. The van der Waals surface area contributed by atoms with Gasteiger partial charge >= 0.3 is 0 Å². The average Bonchev–Trinajstić information content (AvgIpc) is 3.00. The fraction of sp³-hybridized carbons (Fsp3) is 0.333. The van der Waals surface area contributed by atoms with E-state index >= 15 is 0 Å². The van der Waals surface area contributed by atoms with Gasteiger partial charge in [0.15, 0.2) is 11.5 Å². The van der Waals surface area contributed by atoms with Crippen LogP contribution in [0.5, 0.6) is 17.2 Å². The molecule has 2 aromatic rings. The predicted octanol–water partition coefficient (Wildman–Crippen LogP) is 2.88. The summed E-state index contributed by atoms with van der Waals surface area (Å²) in [5.41, 5.74) is 1.98. The molecule has 5 heteroatoms. The lowest BCUT2D eigenvalue weighted by molar-refractivity contribution is 0.268. The zero-order chi connectivity index (χ0) is 14.4. The summed E-state index contributed by atoms with van der Waals surface area (Å²) in [6.07, 6.45) is 0.831. The Balaban J connectivity index is 2.12. The van der Waals surface area contributed by atoms with Crippen molar-refractivity contribution in [2.75, 3.05) is 20.8 Å². The second-order valence-corrected chi connectivity index (χ2v) is 5.00. The van der Waals surface area contributed by atoms with Crippen molar-refractivity contribution in [3.8, 4) is 17.2 Å². The Labute approximate surface area is 122 Å². The van der Waals surface area contributed by atoms with Crippen LogP contribution in [0.3, 0.4) is 0 Å². The summed E-state index contributed by atoms with van der Waals surface area (Å²) in [6, 6.07) is 5.59. The van der Waals surface area contributed by atoms with Gasteiger partial charge in [0.1, 0.15) is 0 Å². The number of benzene rings is 1. The normalized spacial score (nSPS) is 10.3. The molecule has 0 bridgehead atoms. The van der Waals surface area contributed by atoms with E-state index in [1.165, 1.54) is 5.56 Å². The van der Waals surface area contributed by atoms with Gasteiger partial charge in [-0.05, 0) is 40.1 Å². The summed E-state index contributed by atoms with van der Waals surface area (Å²) in [5.74, 6) is 1.71. The molecule has 0 aliphatic heterocycles. The van der Waals surface area contributed by atoms with Crippen molar-refractivity contribution in [1.82, 2.24) is 0 Å². The Kier molecular flexibility index (Phi) is 5.26. The van der Waals surface area contributed by atoms with Crippen molar-refractivity contribution < 1.29 is 19.3 Å². The third-order valence-electron chi connectivity index (χ3n) is 2.92. The lowest BCUT2D eigenvalue weighted by atomic mass is 10.2. The van der Waals surface area contributed by atoms with Gasteiger partial charge < -0.3 is 19.3 Å². The van der Waals surface area contributed by atoms with Gasteiger partial charge in [0.05, 0.1) is 27.4 Å². The molecule has 0 aliphatic carbocycles. The molecule has 0 radical (unpaired) electrons. The summed E-state index contributed by atoms with van der Waals surface area (Å²) >= 11 is 1.67. The predicted molar refractivity (Wildman–Crippen MR) is 79.0 cm³/mol. The molecule has 0 spiro atoms. The van der Waals surface area contributed by atoms with Crippen LogP contribution in [0.15, 0.2) is 29.0 Å². The third-order valence-corrected chi connectivity index (χ3v) is 3.65. The zero-order valence-corrected chi connectivity index (χ0v) is 12.4. The number of hydrogen-bond acceptors (Lipinski definition) is 5. The highest BCUT2D eigenvalue weighted by Crippen LogP contribution is 2.38. The van der Waals surface area contributed by atoms with E-state index in [1.807, 2.05) is 5.38 Å². The molecule has 0 amide bonds. The molecule has 1 heterocycles. The summed E-state index contributed by atoms with van der Waals surface area (Å²) < 4.78 is 16.4. The van der Waals surface area contributed by atoms with Crippen LogP contribution in [0.2, 0.25) is 0 Å². The minimum absolute atomic E-state index is 0.0676. The highest BCUT2D eigenvalue weighted by Gasteiger charge is 2.14. The van der Waals surface area contributed by atoms with E-state index in [4.69, 9.17) is 14.2 Å².